The Kier molecular flexibility index (Phi) is 4.06. The topological polar surface area (TPSA) is 41.2 Å². The maximum absolute atomic E-state index is 12.6. The maximum atomic E-state index is 12.6. The molecule has 0 radical (unpaired) electrons. The number of alkyl halides is 6. The molecule has 9 heteroatoms. The van der Waals surface area contributed by atoms with Gasteiger partial charge in [-0.25, -0.2) is 0 Å². The number of fused-ring (bicyclic) bond motifs is 1. The van der Waals surface area contributed by atoms with Gasteiger partial charge < -0.3 is 5.11 Å². The lowest BCUT2D eigenvalue weighted by atomic mass is 10.1. The molecule has 122 valence electrons. The Hall–Kier alpha value is -2.58. The molecule has 1 aromatic heterocycles. The fourth-order valence-electron chi connectivity index (χ4n) is 1.89. The molecule has 2 rings (SSSR count). The molecule has 0 aliphatic rings. The van der Waals surface area contributed by atoms with E-state index < -0.39 is 29.6 Å². The molecule has 0 fully saturated rings. The van der Waals surface area contributed by atoms with Gasteiger partial charge in [0.1, 0.15) is 0 Å². The van der Waals surface area contributed by atoms with Gasteiger partial charge in [0.2, 0.25) is 0 Å². The monoisotopic (exact) mass is 336 g/mol. The predicted octanol–water partition coefficient (Wildman–Crippen LogP) is 3.55. The second kappa shape index (κ2) is 5.56. The smallest absolute Gasteiger partial charge is 0.461 e. The van der Waals surface area contributed by atoms with Gasteiger partial charge in [0.15, 0.2) is 12.4 Å². The van der Waals surface area contributed by atoms with Crippen LogP contribution in [0.5, 0.6) is 0 Å². The summed E-state index contributed by atoms with van der Waals surface area (Å²) in [6, 6.07) is 7.38. The lowest BCUT2D eigenvalue weighted by Gasteiger charge is -2.10. The minimum absolute atomic E-state index is 0.289. The zero-order valence-electron chi connectivity index (χ0n) is 11.1. The van der Waals surface area contributed by atoms with Crippen LogP contribution in [-0.4, -0.2) is 23.2 Å². The highest BCUT2D eigenvalue weighted by Gasteiger charge is 2.52. The van der Waals surface area contributed by atoms with Crippen LogP contribution in [0.1, 0.15) is 0 Å². The summed E-state index contributed by atoms with van der Waals surface area (Å²) in [5.74, 6) is -5.41. The van der Waals surface area contributed by atoms with Gasteiger partial charge in [0.25, 0.3) is 5.76 Å². The number of rotatable bonds is 2. The first-order valence-corrected chi connectivity index (χ1v) is 6.04. The van der Waals surface area contributed by atoms with Crippen LogP contribution in [0.4, 0.5) is 26.3 Å². The van der Waals surface area contributed by atoms with Crippen molar-refractivity contribution in [2.75, 3.05) is 0 Å². The molecule has 0 bridgehead atoms. The normalized spacial score (nSPS) is 13.8. The van der Waals surface area contributed by atoms with Crippen molar-refractivity contribution in [2.45, 2.75) is 12.4 Å². The summed E-state index contributed by atoms with van der Waals surface area (Å²) in [6.45, 7) is 0. The van der Waals surface area contributed by atoms with Crippen LogP contribution >= 0.6 is 0 Å². The molecule has 0 saturated heterocycles. The van der Waals surface area contributed by atoms with Crippen molar-refractivity contribution in [1.29, 1.82) is 0 Å². The zero-order valence-corrected chi connectivity index (χ0v) is 11.1. The van der Waals surface area contributed by atoms with E-state index >= 15 is 0 Å². The largest absolute Gasteiger partial charge is 0.499 e. The number of ketones is 1. The number of carbonyl (C=O) groups excluding carboxylic acids is 1. The SMILES string of the molecule is O=C(C(=C(O)C(F)(F)F)[n+]1ccc2ccccc2c1)C(F)(F)F. The van der Waals surface area contributed by atoms with Crippen molar-refractivity contribution >= 4 is 22.3 Å². The molecule has 0 atom stereocenters. The molecule has 1 N–H and O–H groups in total. The van der Waals surface area contributed by atoms with Crippen LogP contribution < -0.4 is 4.57 Å². The summed E-state index contributed by atoms with van der Waals surface area (Å²) in [6.07, 6.45) is -9.35. The van der Waals surface area contributed by atoms with Gasteiger partial charge in [-0.3, -0.25) is 4.79 Å². The lowest BCUT2D eigenvalue weighted by molar-refractivity contribution is -0.578. The summed E-state index contributed by atoms with van der Waals surface area (Å²) >= 11 is 0. The van der Waals surface area contributed by atoms with Crippen LogP contribution in [-0.2, 0) is 4.79 Å². The Balaban J connectivity index is 2.73. The quantitative estimate of drug-likeness (QED) is 0.394. The summed E-state index contributed by atoms with van der Waals surface area (Å²) < 4.78 is 75.8. The molecule has 0 unspecified atom stereocenters. The van der Waals surface area contributed by atoms with Gasteiger partial charge in [-0.15, -0.1) is 0 Å². The fourth-order valence-corrected chi connectivity index (χ4v) is 1.89. The van der Waals surface area contributed by atoms with Crippen molar-refractivity contribution in [1.82, 2.24) is 0 Å². The molecule has 0 spiro atoms. The number of Topliss-reactive ketones (excluding diaryl/α,β-unsaturated/α-hetero) is 1. The number of aliphatic hydroxyl groups is 1. The average Bonchev–Trinajstić information content (AvgIpc) is 2.45. The van der Waals surface area contributed by atoms with Gasteiger partial charge in [-0.1, -0.05) is 18.2 Å². The van der Waals surface area contributed by atoms with Crippen molar-refractivity contribution in [2.24, 2.45) is 0 Å². The van der Waals surface area contributed by atoms with Crippen LogP contribution in [0.3, 0.4) is 0 Å². The molecule has 3 nitrogen and oxygen atoms in total. The number of pyridine rings is 1. The second-order valence-electron chi connectivity index (χ2n) is 4.50. The van der Waals surface area contributed by atoms with Crippen LogP contribution in [0.15, 0.2) is 48.5 Å². The molecular formula is C14H8F6NO2+. The number of aliphatic hydroxyl groups excluding tert-OH is 1. The van der Waals surface area contributed by atoms with E-state index in [4.69, 9.17) is 5.11 Å². The van der Waals surface area contributed by atoms with E-state index in [1.807, 2.05) is 0 Å². The highest BCUT2D eigenvalue weighted by molar-refractivity contribution is 6.15. The molecule has 0 aliphatic heterocycles. The van der Waals surface area contributed by atoms with Crippen molar-refractivity contribution in [3.8, 4) is 0 Å². The van der Waals surface area contributed by atoms with Crippen molar-refractivity contribution in [3.63, 3.8) is 0 Å². The summed E-state index contributed by atoms with van der Waals surface area (Å²) in [5, 5.41) is 9.94. The average molecular weight is 336 g/mol. The number of nitrogens with zero attached hydrogens (tertiary/aromatic N) is 1. The number of halogens is 6. The maximum Gasteiger partial charge on any atom is 0.461 e. The molecule has 1 aromatic carbocycles. The predicted molar refractivity (Wildman–Crippen MR) is 67.1 cm³/mol. The number of hydrogen-bond acceptors (Lipinski definition) is 2. The summed E-state index contributed by atoms with van der Waals surface area (Å²) in [5.41, 5.74) is -1.91. The van der Waals surface area contributed by atoms with E-state index in [9.17, 15) is 31.1 Å². The van der Waals surface area contributed by atoms with Crippen LogP contribution in [0.2, 0.25) is 0 Å². The lowest BCUT2D eigenvalue weighted by Crippen LogP contribution is -2.43. The third-order valence-electron chi connectivity index (χ3n) is 2.91. The Morgan fingerprint density at radius 2 is 1.48 bits per heavy atom. The van der Waals surface area contributed by atoms with Crippen molar-refractivity contribution in [3.05, 3.63) is 48.5 Å². The Bertz CT molecular complexity index is 792. The summed E-state index contributed by atoms with van der Waals surface area (Å²) in [4.78, 5) is 11.3. The van der Waals surface area contributed by atoms with Gasteiger partial charge in [0, 0.05) is 11.5 Å². The Morgan fingerprint density at radius 3 is 2.00 bits per heavy atom. The number of hydrogen-bond donors (Lipinski definition) is 1. The standard InChI is InChI=1S/C14H7F6NO2/c15-13(16,17)11(22)10(12(23)14(18,19)20)21-6-5-8-3-1-2-4-9(8)7-21/h1-7H/p+1. The fraction of sp³-hybridized carbons (Fsp3) is 0.143. The molecule has 2 aromatic rings. The van der Waals surface area contributed by atoms with Gasteiger partial charge in [-0.05, 0) is 11.5 Å². The highest BCUT2D eigenvalue weighted by Crippen LogP contribution is 2.30. The van der Waals surface area contributed by atoms with Gasteiger partial charge >= 0.3 is 23.8 Å². The van der Waals surface area contributed by atoms with Crippen LogP contribution in [0, 0.1) is 0 Å². The molecule has 0 aliphatic carbocycles. The van der Waals surface area contributed by atoms with E-state index in [-0.39, 0.29) is 5.39 Å². The zero-order chi connectivity index (χ0) is 17.4. The molecule has 0 amide bonds. The first-order chi connectivity index (χ1) is 10.5. The van der Waals surface area contributed by atoms with Crippen LogP contribution in [0.25, 0.3) is 16.5 Å². The minimum Gasteiger partial charge on any atom is -0.499 e. The van der Waals surface area contributed by atoms with Gasteiger partial charge in [-0.2, -0.15) is 30.9 Å². The van der Waals surface area contributed by atoms with Crippen molar-refractivity contribution < 1.29 is 40.8 Å². The van der Waals surface area contributed by atoms with Gasteiger partial charge in [0.05, 0.1) is 0 Å². The summed E-state index contributed by atoms with van der Waals surface area (Å²) in [7, 11) is 0. The first-order valence-electron chi connectivity index (χ1n) is 6.04. The first kappa shape index (κ1) is 16.8. The second-order valence-corrected chi connectivity index (χ2v) is 4.50. The number of aromatic nitrogens is 1. The Morgan fingerprint density at radius 1 is 0.913 bits per heavy atom. The highest BCUT2D eigenvalue weighted by atomic mass is 19.4. The van der Waals surface area contributed by atoms with E-state index in [1.54, 1.807) is 12.1 Å². The van der Waals surface area contributed by atoms with E-state index in [1.165, 1.54) is 18.2 Å². The third kappa shape index (κ3) is 3.43. The molecule has 1 heterocycles. The minimum atomic E-state index is -5.58. The van der Waals surface area contributed by atoms with E-state index in [0.717, 1.165) is 12.4 Å². The Labute approximate surface area is 125 Å². The number of allylic oxidation sites excluding steroid dienone is 2. The van der Waals surface area contributed by atoms with E-state index in [0.29, 0.717) is 9.95 Å². The van der Waals surface area contributed by atoms with E-state index in [2.05, 4.69) is 0 Å². The number of carbonyl (C=O) groups is 1. The molecule has 23 heavy (non-hydrogen) atoms. The molecular weight excluding hydrogens is 328 g/mol. The molecule has 0 saturated carbocycles. The number of benzene rings is 1. The third-order valence-corrected chi connectivity index (χ3v) is 2.91.